The van der Waals surface area contributed by atoms with Gasteiger partial charge in [0.05, 0.1) is 12.7 Å². The Labute approximate surface area is 106 Å². The molecule has 1 aliphatic heterocycles. The molecule has 0 aromatic carbocycles. The normalized spacial score (nSPS) is 28.4. The van der Waals surface area contributed by atoms with Gasteiger partial charge >= 0.3 is 0 Å². The minimum atomic E-state index is 0.564. The van der Waals surface area contributed by atoms with Crippen molar-refractivity contribution in [2.45, 2.75) is 57.1 Å². The van der Waals surface area contributed by atoms with Crippen molar-refractivity contribution in [1.29, 1.82) is 0 Å². The number of likely N-dealkylation sites (tertiary alicyclic amines) is 1. The molecule has 17 heavy (non-hydrogen) atoms. The summed E-state index contributed by atoms with van der Waals surface area (Å²) in [6, 6.07) is 0.693. The second-order valence-corrected chi connectivity index (χ2v) is 5.56. The molecule has 0 amide bonds. The maximum Gasteiger partial charge on any atom is 0.0597 e. The first kappa shape index (κ1) is 13.3. The van der Waals surface area contributed by atoms with Gasteiger partial charge < -0.3 is 10.1 Å². The zero-order valence-corrected chi connectivity index (χ0v) is 11.3. The van der Waals surface area contributed by atoms with Crippen LogP contribution in [0.15, 0.2) is 0 Å². The number of piperidine rings is 1. The van der Waals surface area contributed by atoms with Crippen LogP contribution in [0.4, 0.5) is 0 Å². The first-order valence-corrected chi connectivity index (χ1v) is 7.39. The van der Waals surface area contributed by atoms with Gasteiger partial charge in [-0.05, 0) is 39.3 Å². The van der Waals surface area contributed by atoms with Crippen molar-refractivity contribution >= 4 is 0 Å². The van der Waals surface area contributed by atoms with E-state index >= 15 is 0 Å². The maximum absolute atomic E-state index is 5.99. The average molecular weight is 240 g/mol. The largest absolute Gasteiger partial charge is 0.377 e. The molecule has 1 atom stereocenters. The lowest BCUT2D eigenvalue weighted by Crippen LogP contribution is -2.45. The molecule has 100 valence electrons. The van der Waals surface area contributed by atoms with E-state index in [1.54, 1.807) is 0 Å². The van der Waals surface area contributed by atoms with Gasteiger partial charge in [0.1, 0.15) is 0 Å². The van der Waals surface area contributed by atoms with Crippen molar-refractivity contribution in [2.24, 2.45) is 0 Å². The summed E-state index contributed by atoms with van der Waals surface area (Å²) in [5.74, 6) is 0. The van der Waals surface area contributed by atoms with Crippen LogP contribution in [0, 0.1) is 0 Å². The number of likely N-dealkylation sites (N-methyl/N-ethyl adjacent to an activating group) is 1. The zero-order chi connectivity index (χ0) is 11.9. The third kappa shape index (κ3) is 4.57. The van der Waals surface area contributed by atoms with E-state index in [0.717, 1.165) is 13.2 Å². The first-order chi connectivity index (χ1) is 8.38. The lowest BCUT2D eigenvalue weighted by atomic mass is 9.98. The monoisotopic (exact) mass is 240 g/mol. The predicted octanol–water partition coefficient (Wildman–Crippen LogP) is 2.02. The van der Waals surface area contributed by atoms with E-state index < -0.39 is 0 Å². The van der Waals surface area contributed by atoms with Gasteiger partial charge in [-0.2, -0.15) is 0 Å². The fourth-order valence-electron chi connectivity index (χ4n) is 3.07. The summed E-state index contributed by atoms with van der Waals surface area (Å²) >= 11 is 0. The number of hydrogen-bond donors (Lipinski definition) is 1. The predicted molar refractivity (Wildman–Crippen MR) is 71.3 cm³/mol. The highest BCUT2D eigenvalue weighted by Crippen LogP contribution is 2.20. The molecule has 2 fully saturated rings. The van der Waals surface area contributed by atoms with Crippen LogP contribution in [0.5, 0.6) is 0 Å². The molecule has 2 rings (SSSR count). The molecule has 1 saturated carbocycles. The Bertz CT molecular complexity index is 204. The summed E-state index contributed by atoms with van der Waals surface area (Å²) in [6.07, 6.45) is 9.96. The second-order valence-electron chi connectivity index (χ2n) is 5.56. The minimum absolute atomic E-state index is 0.564. The molecule has 1 aliphatic carbocycles. The molecule has 3 nitrogen and oxygen atoms in total. The average Bonchev–Trinajstić information content (AvgIpc) is 2.40. The van der Waals surface area contributed by atoms with Gasteiger partial charge in [-0.1, -0.05) is 19.3 Å². The highest BCUT2D eigenvalue weighted by Gasteiger charge is 2.19. The van der Waals surface area contributed by atoms with Gasteiger partial charge in [-0.15, -0.1) is 0 Å². The Morgan fingerprint density at radius 2 is 1.94 bits per heavy atom. The van der Waals surface area contributed by atoms with E-state index in [1.807, 2.05) is 0 Å². The molecule has 0 spiro atoms. The van der Waals surface area contributed by atoms with E-state index in [1.165, 1.54) is 58.0 Å². The quantitative estimate of drug-likeness (QED) is 0.795. The Kier molecular flexibility index (Phi) is 5.75. The Morgan fingerprint density at radius 3 is 2.71 bits per heavy atom. The molecule has 1 saturated heterocycles. The lowest BCUT2D eigenvalue weighted by Gasteiger charge is -2.33. The van der Waals surface area contributed by atoms with E-state index in [-0.39, 0.29) is 0 Å². The van der Waals surface area contributed by atoms with Crippen molar-refractivity contribution in [3.63, 3.8) is 0 Å². The summed E-state index contributed by atoms with van der Waals surface area (Å²) in [7, 11) is 2.08. The van der Waals surface area contributed by atoms with Crippen molar-refractivity contribution < 1.29 is 4.74 Å². The van der Waals surface area contributed by atoms with Gasteiger partial charge in [0, 0.05) is 19.1 Å². The fraction of sp³-hybridized carbons (Fsp3) is 1.00. The summed E-state index contributed by atoms with van der Waals surface area (Å²) in [4.78, 5) is 2.55. The zero-order valence-electron chi connectivity index (χ0n) is 11.3. The molecule has 0 bridgehead atoms. The van der Waals surface area contributed by atoms with E-state index in [4.69, 9.17) is 4.74 Å². The third-order valence-corrected chi connectivity index (χ3v) is 4.23. The van der Waals surface area contributed by atoms with Crippen molar-refractivity contribution in [2.75, 3.05) is 33.3 Å². The fourth-order valence-corrected chi connectivity index (χ4v) is 3.07. The van der Waals surface area contributed by atoms with Crippen molar-refractivity contribution in [1.82, 2.24) is 10.2 Å². The van der Waals surface area contributed by atoms with Crippen LogP contribution in [0.3, 0.4) is 0 Å². The highest BCUT2D eigenvalue weighted by atomic mass is 16.5. The third-order valence-electron chi connectivity index (χ3n) is 4.23. The van der Waals surface area contributed by atoms with Crippen LogP contribution in [0.1, 0.15) is 44.9 Å². The summed E-state index contributed by atoms with van der Waals surface area (Å²) in [5.41, 5.74) is 0. The molecule has 0 radical (unpaired) electrons. The molecular weight excluding hydrogens is 212 g/mol. The topological polar surface area (TPSA) is 24.5 Å². The van der Waals surface area contributed by atoms with Crippen LogP contribution < -0.4 is 5.32 Å². The molecule has 1 heterocycles. The molecule has 3 heteroatoms. The van der Waals surface area contributed by atoms with E-state index in [9.17, 15) is 0 Å². The number of nitrogens with one attached hydrogen (secondary N) is 1. The Morgan fingerprint density at radius 1 is 1.12 bits per heavy atom. The van der Waals surface area contributed by atoms with Crippen molar-refractivity contribution in [3.05, 3.63) is 0 Å². The van der Waals surface area contributed by atoms with E-state index in [0.29, 0.717) is 12.1 Å². The lowest BCUT2D eigenvalue weighted by molar-refractivity contribution is 0.0124. The number of nitrogens with zero attached hydrogens (tertiary/aromatic N) is 1. The minimum Gasteiger partial charge on any atom is -0.377 e. The van der Waals surface area contributed by atoms with Crippen LogP contribution in [-0.4, -0.2) is 50.3 Å². The van der Waals surface area contributed by atoms with Gasteiger partial charge in [0.25, 0.3) is 0 Å². The van der Waals surface area contributed by atoms with Gasteiger partial charge in [-0.3, -0.25) is 4.90 Å². The van der Waals surface area contributed by atoms with Crippen LogP contribution >= 0.6 is 0 Å². The number of hydrogen-bond acceptors (Lipinski definition) is 3. The molecule has 1 N–H and O–H groups in total. The number of ether oxygens (including phenoxy) is 1. The molecule has 0 aromatic rings. The van der Waals surface area contributed by atoms with Gasteiger partial charge in [0.2, 0.25) is 0 Å². The Balaban J connectivity index is 1.57. The molecule has 1 unspecified atom stereocenters. The molecule has 0 aromatic heterocycles. The second kappa shape index (κ2) is 7.34. The van der Waals surface area contributed by atoms with Crippen LogP contribution in [0.25, 0.3) is 0 Å². The summed E-state index contributed by atoms with van der Waals surface area (Å²) in [5, 5.41) is 3.39. The SMILES string of the molecule is CNC1CCCN(CCOC2CCCCC2)C1. The smallest absolute Gasteiger partial charge is 0.0597 e. The standard InChI is InChI=1S/C14H28N2O/c1-15-13-6-5-9-16(12-13)10-11-17-14-7-3-2-4-8-14/h13-15H,2-12H2,1H3. The Hall–Kier alpha value is -0.120. The van der Waals surface area contributed by atoms with Crippen molar-refractivity contribution in [3.8, 4) is 0 Å². The van der Waals surface area contributed by atoms with Gasteiger partial charge in [0.15, 0.2) is 0 Å². The van der Waals surface area contributed by atoms with E-state index in [2.05, 4.69) is 17.3 Å². The highest BCUT2D eigenvalue weighted by molar-refractivity contribution is 4.76. The maximum atomic E-state index is 5.99. The molecular formula is C14H28N2O. The summed E-state index contributed by atoms with van der Waals surface area (Å²) in [6.45, 7) is 4.51. The first-order valence-electron chi connectivity index (χ1n) is 7.39. The van der Waals surface area contributed by atoms with Crippen LogP contribution in [0.2, 0.25) is 0 Å². The molecule has 2 aliphatic rings. The number of rotatable bonds is 5. The van der Waals surface area contributed by atoms with Gasteiger partial charge in [-0.25, -0.2) is 0 Å². The summed E-state index contributed by atoms with van der Waals surface area (Å²) < 4.78 is 5.99. The van der Waals surface area contributed by atoms with Crippen LogP contribution in [-0.2, 0) is 4.74 Å².